The van der Waals surface area contributed by atoms with E-state index in [4.69, 9.17) is 31.0 Å². The molecule has 3 aromatic rings. The van der Waals surface area contributed by atoms with Crippen LogP contribution in [0.1, 0.15) is 30.9 Å². The Labute approximate surface area is 212 Å². The zero-order valence-corrected chi connectivity index (χ0v) is 21.4. The minimum Gasteiger partial charge on any atom is -0.494 e. The van der Waals surface area contributed by atoms with Gasteiger partial charge in [-0.05, 0) is 62.1 Å². The Hall–Kier alpha value is -2.61. The molecule has 0 amide bonds. The summed E-state index contributed by atoms with van der Waals surface area (Å²) in [5, 5.41) is 5.31. The second kappa shape index (κ2) is 11.0. The van der Waals surface area contributed by atoms with Gasteiger partial charge in [0.05, 0.1) is 25.3 Å². The Bertz CT molecular complexity index is 1160. The van der Waals surface area contributed by atoms with Crippen LogP contribution in [0.15, 0.2) is 36.4 Å². The van der Waals surface area contributed by atoms with Crippen molar-refractivity contribution in [3.8, 4) is 5.75 Å². The van der Waals surface area contributed by atoms with Gasteiger partial charge in [-0.1, -0.05) is 23.7 Å². The number of rotatable bonds is 7. The fraction of sp³-hybridized carbons (Fsp3) is 0.481. The molecule has 2 fully saturated rings. The molecule has 186 valence electrons. The third kappa shape index (κ3) is 5.80. The molecule has 2 aromatic carbocycles. The molecule has 35 heavy (non-hydrogen) atoms. The van der Waals surface area contributed by atoms with Crippen LogP contribution in [0.4, 0.5) is 11.8 Å². The summed E-state index contributed by atoms with van der Waals surface area (Å²) in [5.41, 5.74) is 3.40. The number of fused-ring (bicyclic) bond motifs is 1. The summed E-state index contributed by atoms with van der Waals surface area (Å²) in [6.07, 6.45) is 2.11. The standard InChI is InChI=1S/C27H34ClN5O2/c1-3-35-25-16-20(5-4-19(25)2)18-32-10-8-22(9-11-32)29-27-30-24-7-6-21(28)17-23(24)26(31-27)33-12-14-34-15-13-33/h4-7,16-17,22H,3,8-15,18H2,1-2H3,(H,29,30,31). The molecule has 7 nitrogen and oxygen atoms in total. The molecular weight excluding hydrogens is 462 g/mol. The van der Waals surface area contributed by atoms with Crippen molar-refractivity contribution in [3.63, 3.8) is 0 Å². The van der Waals surface area contributed by atoms with Crippen molar-refractivity contribution in [2.45, 2.75) is 39.3 Å². The summed E-state index contributed by atoms with van der Waals surface area (Å²) < 4.78 is 11.3. The number of hydrogen-bond donors (Lipinski definition) is 1. The molecule has 0 aliphatic carbocycles. The van der Waals surface area contributed by atoms with Crippen molar-refractivity contribution >= 4 is 34.3 Å². The Kier molecular flexibility index (Phi) is 7.56. The number of hydrogen-bond acceptors (Lipinski definition) is 7. The van der Waals surface area contributed by atoms with E-state index in [1.807, 2.05) is 25.1 Å². The van der Waals surface area contributed by atoms with Gasteiger partial charge in [0, 0.05) is 49.2 Å². The second-order valence-electron chi connectivity index (χ2n) is 9.36. The van der Waals surface area contributed by atoms with Crippen LogP contribution in [0.2, 0.25) is 5.02 Å². The average Bonchev–Trinajstić information content (AvgIpc) is 2.88. The molecule has 2 saturated heterocycles. The number of piperidine rings is 1. The smallest absolute Gasteiger partial charge is 0.225 e. The minimum absolute atomic E-state index is 0.352. The Morgan fingerprint density at radius 2 is 1.86 bits per heavy atom. The lowest BCUT2D eigenvalue weighted by atomic mass is 10.0. The fourth-order valence-electron chi connectivity index (χ4n) is 4.90. The third-order valence-corrected chi connectivity index (χ3v) is 7.06. The van der Waals surface area contributed by atoms with Gasteiger partial charge >= 0.3 is 0 Å². The highest BCUT2D eigenvalue weighted by atomic mass is 35.5. The van der Waals surface area contributed by atoms with E-state index in [9.17, 15) is 0 Å². The number of benzene rings is 2. The lowest BCUT2D eigenvalue weighted by molar-refractivity contribution is 0.122. The van der Waals surface area contributed by atoms with Gasteiger partial charge in [0.1, 0.15) is 11.6 Å². The fourth-order valence-corrected chi connectivity index (χ4v) is 5.07. The van der Waals surface area contributed by atoms with E-state index < -0.39 is 0 Å². The quantitative estimate of drug-likeness (QED) is 0.500. The first-order chi connectivity index (χ1) is 17.1. The monoisotopic (exact) mass is 495 g/mol. The van der Waals surface area contributed by atoms with Gasteiger partial charge in [-0.15, -0.1) is 0 Å². The predicted molar refractivity (Wildman–Crippen MR) is 142 cm³/mol. The van der Waals surface area contributed by atoms with Gasteiger partial charge in [-0.2, -0.15) is 4.98 Å². The molecule has 1 aromatic heterocycles. The molecule has 1 N–H and O–H groups in total. The number of nitrogens with one attached hydrogen (secondary N) is 1. The van der Waals surface area contributed by atoms with Crippen LogP contribution < -0.4 is 15.0 Å². The number of morpholine rings is 1. The first kappa shape index (κ1) is 24.1. The maximum Gasteiger partial charge on any atom is 0.225 e. The van der Waals surface area contributed by atoms with Crippen LogP contribution in [0.5, 0.6) is 5.75 Å². The van der Waals surface area contributed by atoms with Crippen LogP contribution in [-0.4, -0.2) is 66.9 Å². The molecule has 0 unspecified atom stereocenters. The Morgan fingerprint density at radius 1 is 1.06 bits per heavy atom. The molecule has 5 rings (SSSR count). The van der Waals surface area contributed by atoms with Gasteiger partial charge < -0.3 is 19.7 Å². The third-order valence-electron chi connectivity index (χ3n) is 6.83. The molecule has 0 atom stereocenters. The minimum atomic E-state index is 0.352. The highest BCUT2D eigenvalue weighted by Gasteiger charge is 2.22. The first-order valence-corrected chi connectivity index (χ1v) is 13.0. The Morgan fingerprint density at radius 3 is 2.63 bits per heavy atom. The highest BCUT2D eigenvalue weighted by molar-refractivity contribution is 6.31. The number of halogens is 1. The number of anilines is 2. The van der Waals surface area contributed by atoms with Crippen LogP contribution in [0, 0.1) is 6.92 Å². The van der Waals surface area contributed by atoms with Crippen molar-refractivity contribution in [1.29, 1.82) is 0 Å². The van der Waals surface area contributed by atoms with Crippen molar-refractivity contribution in [1.82, 2.24) is 14.9 Å². The molecule has 8 heteroatoms. The van der Waals surface area contributed by atoms with Crippen molar-refractivity contribution in [2.24, 2.45) is 0 Å². The molecule has 3 heterocycles. The van der Waals surface area contributed by atoms with Crippen molar-refractivity contribution in [3.05, 3.63) is 52.5 Å². The molecule has 0 radical (unpaired) electrons. The van der Waals surface area contributed by atoms with Crippen molar-refractivity contribution in [2.75, 3.05) is 56.2 Å². The summed E-state index contributed by atoms with van der Waals surface area (Å²) >= 11 is 6.30. The zero-order chi connectivity index (χ0) is 24.2. The van der Waals surface area contributed by atoms with E-state index in [1.54, 1.807) is 0 Å². The van der Waals surface area contributed by atoms with E-state index in [0.29, 0.717) is 36.8 Å². The number of nitrogens with zero attached hydrogens (tertiary/aromatic N) is 4. The number of aryl methyl sites for hydroxylation is 1. The van der Waals surface area contributed by atoms with E-state index in [1.165, 1.54) is 11.1 Å². The number of ether oxygens (including phenoxy) is 2. The van der Waals surface area contributed by atoms with Crippen LogP contribution in [0.3, 0.4) is 0 Å². The second-order valence-corrected chi connectivity index (χ2v) is 9.80. The summed E-state index contributed by atoms with van der Waals surface area (Å²) in [7, 11) is 0. The largest absolute Gasteiger partial charge is 0.494 e. The summed E-state index contributed by atoms with van der Waals surface area (Å²) in [6.45, 7) is 10.9. The van der Waals surface area contributed by atoms with Gasteiger partial charge in [0.25, 0.3) is 0 Å². The highest BCUT2D eigenvalue weighted by Crippen LogP contribution is 2.29. The van der Waals surface area contributed by atoms with Crippen LogP contribution >= 0.6 is 11.6 Å². The molecule has 2 aliphatic rings. The average molecular weight is 496 g/mol. The lowest BCUT2D eigenvalue weighted by Crippen LogP contribution is -2.39. The molecule has 0 spiro atoms. The molecule has 0 saturated carbocycles. The van der Waals surface area contributed by atoms with E-state index in [2.05, 4.69) is 40.2 Å². The number of aromatic nitrogens is 2. The van der Waals surface area contributed by atoms with Crippen LogP contribution in [0.25, 0.3) is 10.9 Å². The van der Waals surface area contributed by atoms with Gasteiger partial charge in [0.15, 0.2) is 0 Å². The molecule has 0 bridgehead atoms. The predicted octanol–water partition coefficient (Wildman–Crippen LogP) is 4.90. The maximum atomic E-state index is 6.30. The summed E-state index contributed by atoms with van der Waals surface area (Å²) in [6, 6.07) is 12.7. The lowest BCUT2D eigenvalue weighted by Gasteiger charge is -2.33. The normalized spacial score (nSPS) is 17.6. The maximum absolute atomic E-state index is 6.30. The van der Waals surface area contributed by atoms with Gasteiger partial charge in [-0.25, -0.2) is 4.98 Å². The van der Waals surface area contributed by atoms with Gasteiger partial charge in [-0.3, -0.25) is 4.90 Å². The molecule has 2 aliphatic heterocycles. The Balaban J connectivity index is 1.25. The summed E-state index contributed by atoms with van der Waals surface area (Å²) in [5.74, 6) is 2.62. The summed E-state index contributed by atoms with van der Waals surface area (Å²) in [4.78, 5) is 14.6. The van der Waals surface area contributed by atoms with E-state index in [0.717, 1.165) is 68.0 Å². The van der Waals surface area contributed by atoms with E-state index >= 15 is 0 Å². The topological polar surface area (TPSA) is 62.8 Å². The first-order valence-electron chi connectivity index (χ1n) is 12.6. The van der Waals surface area contributed by atoms with E-state index in [-0.39, 0.29) is 0 Å². The zero-order valence-electron chi connectivity index (χ0n) is 20.6. The van der Waals surface area contributed by atoms with Crippen molar-refractivity contribution < 1.29 is 9.47 Å². The van der Waals surface area contributed by atoms with Gasteiger partial charge in [0.2, 0.25) is 5.95 Å². The molecular formula is C27H34ClN5O2. The number of likely N-dealkylation sites (tertiary alicyclic amines) is 1. The SMILES string of the molecule is CCOc1cc(CN2CCC(Nc3nc(N4CCOCC4)c4cc(Cl)ccc4n3)CC2)ccc1C. The van der Waals surface area contributed by atoms with Crippen LogP contribution in [-0.2, 0) is 11.3 Å².